The van der Waals surface area contributed by atoms with Gasteiger partial charge in [0.15, 0.2) is 11.6 Å². The molecular weight excluding hydrogens is 386 g/mol. The Bertz CT molecular complexity index is 739. The summed E-state index contributed by atoms with van der Waals surface area (Å²) in [6.45, 7) is 0.392. The maximum atomic E-state index is 13.7. The first-order valence-electron chi connectivity index (χ1n) is 5.79. The van der Waals surface area contributed by atoms with E-state index < -0.39 is 27.3 Å². The molecule has 9 heteroatoms. The van der Waals surface area contributed by atoms with Crippen molar-refractivity contribution in [3.05, 3.63) is 45.2 Å². The van der Waals surface area contributed by atoms with E-state index in [0.29, 0.717) is 13.0 Å². The zero-order valence-electron chi connectivity index (χ0n) is 10.6. The molecule has 0 spiro atoms. The van der Waals surface area contributed by atoms with E-state index >= 15 is 0 Å². The highest BCUT2D eigenvalue weighted by molar-refractivity contribution is 9.10. The Morgan fingerprint density at radius 2 is 1.86 bits per heavy atom. The number of nitrogens with one attached hydrogen (secondary N) is 1. The largest absolute Gasteiger partial charge is 0.330 e. The van der Waals surface area contributed by atoms with Crippen molar-refractivity contribution >= 4 is 43.0 Å². The predicted octanol–water partition coefficient (Wildman–Crippen LogP) is 3.09. The highest BCUT2D eigenvalue weighted by Gasteiger charge is 2.21. The number of sulfonamides is 1. The van der Waals surface area contributed by atoms with Crippen molar-refractivity contribution < 1.29 is 17.2 Å². The van der Waals surface area contributed by atoms with Crippen molar-refractivity contribution in [2.45, 2.75) is 10.6 Å². The first-order valence-corrected chi connectivity index (χ1v) is 8.89. The smallest absolute Gasteiger partial charge is 0.271 e. The van der Waals surface area contributed by atoms with Crippen LogP contribution in [0.15, 0.2) is 32.9 Å². The molecule has 0 unspecified atom stereocenters. The van der Waals surface area contributed by atoms with Crippen LogP contribution in [0.2, 0.25) is 0 Å². The van der Waals surface area contributed by atoms with Crippen LogP contribution in [0.3, 0.4) is 0 Å². The van der Waals surface area contributed by atoms with Crippen LogP contribution in [-0.2, 0) is 16.4 Å². The van der Waals surface area contributed by atoms with Gasteiger partial charge in [0.05, 0.1) is 0 Å². The van der Waals surface area contributed by atoms with Gasteiger partial charge in [-0.3, -0.25) is 4.72 Å². The van der Waals surface area contributed by atoms with Gasteiger partial charge in [-0.1, -0.05) is 15.9 Å². The molecule has 4 nitrogen and oxygen atoms in total. The second kappa shape index (κ2) is 6.39. The van der Waals surface area contributed by atoms with E-state index in [4.69, 9.17) is 5.73 Å². The highest BCUT2D eigenvalue weighted by Crippen LogP contribution is 2.28. The normalized spacial score (nSPS) is 11.6. The molecule has 2 aromatic rings. The van der Waals surface area contributed by atoms with Crippen molar-refractivity contribution in [1.82, 2.24) is 0 Å². The molecule has 0 saturated carbocycles. The Hall–Kier alpha value is -1.03. The molecular formula is C12H11BrF2N2O2S2. The number of thiophene rings is 1. The van der Waals surface area contributed by atoms with Crippen molar-refractivity contribution in [3.8, 4) is 0 Å². The first kappa shape index (κ1) is 16.3. The van der Waals surface area contributed by atoms with E-state index in [1.165, 1.54) is 6.07 Å². The number of hydrogen-bond donors (Lipinski definition) is 2. The Labute approximate surface area is 133 Å². The topological polar surface area (TPSA) is 72.2 Å². The molecule has 3 N–H and O–H groups in total. The van der Waals surface area contributed by atoms with Crippen LogP contribution in [0.4, 0.5) is 14.5 Å². The summed E-state index contributed by atoms with van der Waals surface area (Å²) in [4.78, 5) is 0.787. The molecule has 0 saturated heterocycles. The summed E-state index contributed by atoms with van der Waals surface area (Å²) in [6.07, 6.45) is 0.543. The van der Waals surface area contributed by atoms with Gasteiger partial charge >= 0.3 is 0 Å². The summed E-state index contributed by atoms with van der Waals surface area (Å²) in [5, 5.41) is 0. The number of anilines is 1. The van der Waals surface area contributed by atoms with Crippen LogP contribution in [0.1, 0.15) is 4.88 Å². The minimum Gasteiger partial charge on any atom is -0.330 e. The first-order chi connectivity index (χ1) is 9.83. The molecule has 0 aliphatic rings. The molecule has 21 heavy (non-hydrogen) atoms. The molecule has 0 aliphatic heterocycles. The molecule has 0 atom stereocenters. The van der Waals surface area contributed by atoms with Crippen LogP contribution in [-0.4, -0.2) is 15.0 Å². The van der Waals surface area contributed by atoms with Gasteiger partial charge in [-0.15, -0.1) is 11.3 Å². The number of rotatable bonds is 5. The average Bonchev–Trinajstić information content (AvgIpc) is 2.84. The lowest BCUT2D eigenvalue weighted by molar-refractivity contribution is 0.582. The summed E-state index contributed by atoms with van der Waals surface area (Å²) in [5.74, 6) is -1.99. The van der Waals surface area contributed by atoms with Crippen LogP contribution in [0.5, 0.6) is 0 Å². The fourth-order valence-electron chi connectivity index (χ4n) is 1.60. The standard InChI is InChI=1S/C12H11BrF2N2O2S2/c13-7-5-9(14)12(10(15)6-7)17-21(18,19)11-2-1-8(20-11)3-4-16/h1-2,5-6,17H,3-4,16H2. The molecule has 2 rings (SSSR count). The molecule has 1 aromatic carbocycles. The van der Waals surface area contributed by atoms with Gasteiger partial charge in [-0.2, -0.15) is 0 Å². The predicted molar refractivity (Wildman–Crippen MR) is 81.9 cm³/mol. The monoisotopic (exact) mass is 396 g/mol. The lowest BCUT2D eigenvalue weighted by Gasteiger charge is -2.09. The number of benzene rings is 1. The molecule has 114 valence electrons. The molecule has 1 heterocycles. The summed E-state index contributed by atoms with van der Waals surface area (Å²) in [6, 6.07) is 4.97. The zero-order chi connectivity index (χ0) is 15.6. The quantitative estimate of drug-likeness (QED) is 0.815. The number of hydrogen-bond acceptors (Lipinski definition) is 4. The molecule has 0 aliphatic carbocycles. The number of halogens is 3. The van der Waals surface area contributed by atoms with Crippen LogP contribution in [0.25, 0.3) is 0 Å². The average molecular weight is 397 g/mol. The van der Waals surface area contributed by atoms with Crippen molar-refractivity contribution in [2.24, 2.45) is 5.73 Å². The Balaban J connectivity index is 2.33. The Kier molecular flexibility index (Phi) is 4.97. The zero-order valence-corrected chi connectivity index (χ0v) is 13.8. The van der Waals surface area contributed by atoms with E-state index in [-0.39, 0.29) is 8.68 Å². The number of nitrogens with two attached hydrogens (primary N) is 1. The van der Waals surface area contributed by atoms with Gasteiger partial charge in [0.25, 0.3) is 10.0 Å². The molecule has 0 bridgehead atoms. The molecule has 0 amide bonds. The van der Waals surface area contributed by atoms with Gasteiger partial charge in [-0.25, -0.2) is 17.2 Å². The summed E-state index contributed by atoms with van der Waals surface area (Å²) in [5.41, 5.74) is 4.69. The summed E-state index contributed by atoms with van der Waals surface area (Å²) >= 11 is 3.94. The van der Waals surface area contributed by atoms with Crippen LogP contribution < -0.4 is 10.5 Å². The van der Waals surface area contributed by atoms with Crippen molar-refractivity contribution in [1.29, 1.82) is 0 Å². The van der Waals surface area contributed by atoms with Gasteiger partial charge in [0, 0.05) is 9.35 Å². The van der Waals surface area contributed by atoms with Gasteiger partial charge in [0.2, 0.25) is 0 Å². The fraction of sp³-hybridized carbons (Fsp3) is 0.167. The Morgan fingerprint density at radius 1 is 1.24 bits per heavy atom. The van der Waals surface area contributed by atoms with E-state index in [1.54, 1.807) is 6.07 Å². The van der Waals surface area contributed by atoms with E-state index in [0.717, 1.165) is 28.3 Å². The van der Waals surface area contributed by atoms with Gasteiger partial charge < -0.3 is 5.73 Å². The third-order valence-corrected chi connectivity index (χ3v) is 5.98. The van der Waals surface area contributed by atoms with Crippen molar-refractivity contribution in [3.63, 3.8) is 0 Å². The second-order valence-electron chi connectivity index (χ2n) is 4.11. The van der Waals surface area contributed by atoms with E-state index in [1.807, 2.05) is 4.72 Å². The SMILES string of the molecule is NCCc1ccc(S(=O)(=O)Nc2c(F)cc(Br)cc2F)s1. The summed E-state index contributed by atoms with van der Waals surface area (Å²) < 4.78 is 53.7. The highest BCUT2D eigenvalue weighted by atomic mass is 79.9. The van der Waals surface area contributed by atoms with Crippen LogP contribution >= 0.6 is 27.3 Å². The van der Waals surface area contributed by atoms with E-state index in [2.05, 4.69) is 15.9 Å². The minimum atomic E-state index is -4.04. The second-order valence-corrected chi connectivity index (χ2v) is 8.10. The third kappa shape index (κ3) is 3.79. The molecule has 0 fully saturated rings. The lowest BCUT2D eigenvalue weighted by Crippen LogP contribution is -2.14. The Morgan fingerprint density at radius 3 is 2.43 bits per heavy atom. The minimum absolute atomic E-state index is 0.0207. The third-order valence-electron chi connectivity index (χ3n) is 2.54. The van der Waals surface area contributed by atoms with Gasteiger partial charge in [-0.05, 0) is 37.2 Å². The fourth-order valence-corrected chi connectivity index (χ4v) is 4.45. The summed E-state index contributed by atoms with van der Waals surface area (Å²) in [7, 11) is -4.04. The maximum absolute atomic E-state index is 13.7. The van der Waals surface area contributed by atoms with Crippen molar-refractivity contribution in [2.75, 3.05) is 11.3 Å². The maximum Gasteiger partial charge on any atom is 0.271 e. The molecule has 0 radical (unpaired) electrons. The van der Waals surface area contributed by atoms with Crippen LogP contribution in [0, 0.1) is 11.6 Å². The van der Waals surface area contributed by atoms with E-state index in [9.17, 15) is 17.2 Å². The molecule has 1 aromatic heterocycles. The van der Waals surface area contributed by atoms with Gasteiger partial charge in [0.1, 0.15) is 9.90 Å². The lowest BCUT2D eigenvalue weighted by atomic mass is 10.3.